The number of esters is 1. The van der Waals surface area contributed by atoms with Gasteiger partial charge in [-0.2, -0.15) is 0 Å². The Morgan fingerprint density at radius 2 is 1.79 bits per heavy atom. The monoisotopic (exact) mass is 360 g/mol. The molecular weight excluding hydrogens is 347 g/mol. The summed E-state index contributed by atoms with van der Waals surface area (Å²) >= 11 is 12.6. The van der Waals surface area contributed by atoms with Gasteiger partial charge in [0.2, 0.25) is 0 Å². The number of hydrogen-bond acceptors (Lipinski definition) is 3. The van der Waals surface area contributed by atoms with Crippen molar-refractivity contribution in [3.05, 3.63) is 69.6 Å². The summed E-state index contributed by atoms with van der Waals surface area (Å²) in [7, 11) is 0. The van der Waals surface area contributed by atoms with Crippen molar-refractivity contribution in [2.45, 2.75) is 6.92 Å². The second-order valence-electron chi connectivity index (χ2n) is 5.09. The molecule has 6 heteroatoms. The van der Waals surface area contributed by atoms with E-state index < -0.39 is 5.97 Å². The summed E-state index contributed by atoms with van der Waals surface area (Å²) in [5.74, 6) is -0.551. The van der Waals surface area contributed by atoms with Gasteiger partial charge < -0.3 is 4.74 Å². The first-order chi connectivity index (χ1) is 11.5. The summed E-state index contributed by atoms with van der Waals surface area (Å²) in [6.07, 6.45) is 0. The smallest absolute Gasteiger partial charge is 0.341 e. The van der Waals surface area contributed by atoms with Gasteiger partial charge in [-0.25, -0.2) is 4.79 Å². The van der Waals surface area contributed by atoms with Crippen LogP contribution in [0.4, 0.5) is 0 Å². The first-order valence-electron chi connectivity index (χ1n) is 7.35. The van der Waals surface area contributed by atoms with Crippen molar-refractivity contribution in [3.8, 4) is 5.69 Å². The lowest BCUT2D eigenvalue weighted by Gasteiger charge is -2.16. The molecule has 0 saturated carbocycles. The molecule has 1 heterocycles. The zero-order chi connectivity index (χ0) is 17.3. The van der Waals surface area contributed by atoms with Crippen LogP contribution in [0.2, 0.25) is 10.0 Å². The van der Waals surface area contributed by atoms with E-state index in [1.807, 2.05) is 24.3 Å². The molecule has 1 N–H and O–H groups in total. The van der Waals surface area contributed by atoms with E-state index in [0.29, 0.717) is 15.7 Å². The van der Waals surface area contributed by atoms with E-state index in [1.165, 1.54) is 0 Å². The molecule has 0 aliphatic carbocycles. The largest absolute Gasteiger partial charge is 0.462 e. The molecule has 0 aliphatic heterocycles. The number of halogens is 2. The summed E-state index contributed by atoms with van der Waals surface area (Å²) in [6, 6.07) is 14.2. The predicted octanol–water partition coefficient (Wildman–Crippen LogP) is 4.59. The molecule has 24 heavy (non-hydrogen) atoms. The van der Waals surface area contributed by atoms with Gasteiger partial charge in [0, 0.05) is 0 Å². The molecule has 3 aromatic rings. The number of nitrogens with one attached hydrogen (secondary N) is 1. The van der Waals surface area contributed by atoms with Gasteiger partial charge in [-0.1, -0.05) is 47.5 Å². The normalized spacial score (nSPS) is 10.8. The number of benzene rings is 2. The highest BCUT2D eigenvalue weighted by atomic mass is 35.5. The number of fused-ring (bicyclic) bond motifs is 1. The first-order valence-corrected chi connectivity index (χ1v) is 8.11. The van der Waals surface area contributed by atoms with E-state index >= 15 is 0 Å². The number of carbonyl (C=O) groups is 1. The Morgan fingerprint density at radius 1 is 1.12 bits per heavy atom. The van der Waals surface area contributed by atoms with E-state index in [0.717, 1.165) is 10.9 Å². The number of ether oxygens (including phenoxy) is 1. The van der Waals surface area contributed by atoms with Gasteiger partial charge in [-0.05, 0) is 36.6 Å². The van der Waals surface area contributed by atoms with E-state index in [-0.39, 0.29) is 17.7 Å². The van der Waals surface area contributed by atoms with Crippen LogP contribution >= 0.6 is 23.2 Å². The number of nitrogens with zero attached hydrogens (tertiary/aromatic N) is 1. The van der Waals surface area contributed by atoms with Gasteiger partial charge >= 0.3 is 5.97 Å². The number of aromatic nitrogens is 1. The van der Waals surface area contributed by atoms with Crippen LogP contribution in [0.5, 0.6) is 0 Å². The molecule has 0 fully saturated rings. The molecule has 0 amide bonds. The fraction of sp³-hybridized carbons (Fsp3) is 0.111. The molecule has 0 unspecified atom stereocenters. The standard InChI is InChI=1S/C18H14Cl2N2O2/c1-2-24-18(23)12-10-11-6-3-4-9-15(11)22(17(12)21)16-13(19)7-5-8-14(16)20/h3-10,21H,2H2,1H3. The Bertz CT molecular complexity index is 976. The zero-order valence-electron chi connectivity index (χ0n) is 12.8. The van der Waals surface area contributed by atoms with Crippen molar-refractivity contribution >= 4 is 40.1 Å². The molecule has 0 saturated heterocycles. The Hall–Kier alpha value is -2.30. The molecule has 122 valence electrons. The fourth-order valence-corrected chi connectivity index (χ4v) is 3.14. The molecule has 0 radical (unpaired) electrons. The molecule has 0 spiro atoms. The zero-order valence-corrected chi connectivity index (χ0v) is 14.4. The maximum absolute atomic E-state index is 12.2. The lowest BCUT2D eigenvalue weighted by molar-refractivity contribution is 0.0523. The van der Waals surface area contributed by atoms with Gasteiger partial charge in [0.05, 0.1) is 27.9 Å². The van der Waals surface area contributed by atoms with Crippen LogP contribution in [0, 0.1) is 5.41 Å². The second kappa shape index (κ2) is 6.67. The average molecular weight is 361 g/mol. The second-order valence-corrected chi connectivity index (χ2v) is 5.91. The number of rotatable bonds is 3. The summed E-state index contributed by atoms with van der Waals surface area (Å²) in [6.45, 7) is 1.96. The van der Waals surface area contributed by atoms with E-state index in [1.54, 1.807) is 35.8 Å². The Morgan fingerprint density at radius 3 is 2.46 bits per heavy atom. The third-order valence-electron chi connectivity index (χ3n) is 3.61. The molecular formula is C18H14Cl2N2O2. The summed E-state index contributed by atoms with van der Waals surface area (Å²) in [4.78, 5) is 12.2. The molecule has 1 aromatic heterocycles. The summed E-state index contributed by atoms with van der Waals surface area (Å²) < 4.78 is 6.65. The molecule has 0 atom stereocenters. The van der Waals surface area contributed by atoms with Crippen LogP contribution in [0.25, 0.3) is 16.6 Å². The minimum atomic E-state index is -0.551. The molecule has 0 aliphatic rings. The Labute approximate surface area is 148 Å². The van der Waals surface area contributed by atoms with Gasteiger partial charge in [0.1, 0.15) is 11.1 Å². The highest BCUT2D eigenvalue weighted by Gasteiger charge is 2.18. The van der Waals surface area contributed by atoms with Crippen LogP contribution in [-0.4, -0.2) is 17.1 Å². The third-order valence-corrected chi connectivity index (χ3v) is 4.22. The van der Waals surface area contributed by atoms with Crippen molar-refractivity contribution in [3.63, 3.8) is 0 Å². The predicted molar refractivity (Wildman–Crippen MR) is 95.1 cm³/mol. The maximum atomic E-state index is 12.2. The summed E-state index contributed by atoms with van der Waals surface area (Å²) in [5, 5.41) is 10.1. The number of carbonyl (C=O) groups excluding carboxylic acids is 1. The van der Waals surface area contributed by atoms with Crippen molar-refractivity contribution in [2.24, 2.45) is 0 Å². The number of pyridine rings is 1. The lowest BCUT2D eigenvalue weighted by atomic mass is 10.1. The average Bonchev–Trinajstić information content (AvgIpc) is 2.56. The summed E-state index contributed by atoms with van der Waals surface area (Å²) in [5.41, 5.74) is 1.33. The minimum Gasteiger partial charge on any atom is -0.462 e. The van der Waals surface area contributed by atoms with E-state index in [4.69, 9.17) is 33.3 Å². The molecule has 4 nitrogen and oxygen atoms in total. The van der Waals surface area contributed by atoms with Crippen LogP contribution in [0.3, 0.4) is 0 Å². The quantitative estimate of drug-likeness (QED) is 0.694. The van der Waals surface area contributed by atoms with Crippen molar-refractivity contribution in [1.82, 2.24) is 4.57 Å². The molecule has 2 aromatic carbocycles. The maximum Gasteiger partial charge on any atom is 0.341 e. The SMILES string of the molecule is CCOC(=O)c1cc2ccccc2n(-c2c(Cl)cccc2Cl)c1=N. The van der Waals surface area contributed by atoms with Crippen LogP contribution < -0.4 is 5.49 Å². The highest BCUT2D eigenvalue weighted by molar-refractivity contribution is 6.37. The van der Waals surface area contributed by atoms with Crippen molar-refractivity contribution in [1.29, 1.82) is 5.41 Å². The number of hydrogen-bond donors (Lipinski definition) is 1. The van der Waals surface area contributed by atoms with Crippen LogP contribution in [0.1, 0.15) is 17.3 Å². The van der Waals surface area contributed by atoms with Crippen LogP contribution in [0.15, 0.2) is 48.5 Å². The number of para-hydroxylation sites is 2. The van der Waals surface area contributed by atoms with Crippen LogP contribution in [-0.2, 0) is 4.74 Å². The lowest BCUT2D eigenvalue weighted by Crippen LogP contribution is -2.27. The Kier molecular flexibility index (Phi) is 4.60. The van der Waals surface area contributed by atoms with Crippen molar-refractivity contribution < 1.29 is 9.53 Å². The molecule has 3 rings (SSSR count). The van der Waals surface area contributed by atoms with E-state index in [2.05, 4.69) is 0 Å². The van der Waals surface area contributed by atoms with Gasteiger partial charge in [0.15, 0.2) is 0 Å². The topological polar surface area (TPSA) is 55.1 Å². The molecule has 0 bridgehead atoms. The van der Waals surface area contributed by atoms with Gasteiger partial charge in [-0.3, -0.25) is 9.98 Å². The van der Waals surface area contributed by atoms with E-state index in [9.17, 15) is 4.79 Å². The first kappa shape index (κ1) is 16.6. The van der Waals surface area contributed by atoms with Gasteiger partial charge in [-0.15, -0.1) is 0 Å². The Balaban J connectivity index is 2.44. The van der Waals surface area contributed by atoms with Crippen molar-refractivity contribution in [2.75, 3.05) is 6.61 Å². The fourth-order valence-electron chi connectivity index (χ4n) is 2.58. The van der Waals surface area contributed by atoms with Gasteiger partial charge in [0.25, 0.3) is 0 Å². The third kappa shape index (κ3) is 2.79. The minimum absolute atomic E-state index is 0.0258. The highest BCUT2D eigenvalue weighted by Crippen LogP contribution is 2.30.